The van der Waals surface area contributed by atoms with Crippen molar-refractivity contribution >= 4 is 17.3 Å². The van der Waals surface area contributed by atoms with Crippen molar-refractivity contribution in [1.82, 2.24) is 0 Å². The Balaban J connectivity index is 2.33. The molecule has 0 bridgehead atoms. The summed E-state index contributed by atoms with van der Waals surface area (Å²) in [6.45, 7) is -0.267. The van der Waals surface area contributed by atoms with E-state index in [4.69, 9.17) is 4.74 Å². The molecule has 0 aliphatic carbocycles. The van der Waals surface area contributed by atoms with E-state index in [-0.39, 0.29) is 18.0 Å². The molecule has 14 heteroatoms. The topological polar surface area (TPSA) is 90.7 Å². The van der Waals surface area contributed by atoms with Crippen LogP contribution < -0.4 is 14.8 Å². The van der Waals surface area contributed by atoms with Gasteiger partial charge in [0, 0.05) is 11.6 Å². The summed E-state index contributed by atoms with van der Waals surface area (Å²) < 4.78 is 99.1. The van der Waals surface area contributed by atoms with Crippen LogP contribution in [0.15, 0.2) is 36.4 Å². The van der Waals surface area contributed by atoms with Gasteiger partial charge >= 0.3 is 24.2 Å². The quantitative estimate of drug-likeness (QED) is 0.287. The number of anilines is 1. The van der Waals surface area contributed by atoms with Crippen LogP contribution in [0.3, 0.4) is 0 Å². The summed E-state index contributed by atoms with van der Waals surface area (Å²) in [4.78, 5) is 22.6. The van der Waals surface area contributed by atoms with Crippen LogP contribution in [0.1, 0.15) is 22.8 Å². The highest BCUT2D eigenvalue weighted by Gasteiger charge is 2.42. The molecule has 0 atom stereocenters. The number of hydrogen-bond acceptors (Lipinski definition) is 5. The fraction of sp³-hybridized carbons (Fsp3) is 0.316. The maximum atomic E-state index is 13.0. The van der Waals surface area contributed by atoms with Gasteiger partial charge in [-0.3, -0.25) is 14.9 Å². The fourth-order valence-corrected chi connectivity index (χ4v) is 2.44. The third-order valence-corrected chi connectivity index (χ3v) is 4.01. The van der Waals surface area contributed by atoms with Gasteiger partial charge in [-0.05, 0) is 37.3 Å². The van der Waals surface area contributed by atoms with E-state index in [1.165, 1.54) is 0 Å². The molecule has 0 saturated heterocycles. The molecule has 2 aromatic rings. The summed E-state index contributed by atoms with van der Waals surface area (Å²) in [7, 11) is 0. The Morgan fingerprint density at radius 3 is 2.24 bits per heavy atom. The Morgan fingerprint density at radius 2 is 1.70 bits per heavy atom. The molecular formula is C19H15F7N2O5. The predicted molar refractivity (Wildman–Crippen MR) is 100 cm³/mol. The molecule has 0 spiro atoms. The summed E-state index contributed by atoms with van der Waals surface area (Å²) >= 11 is 0. The molecule has 0 aliphatic rings. The minimum Gasteiger partial charge on any atom is -0.492 e. The van der Waals surface area contributed by atoms with Crippen LogP contribution in [0.25, 0.3) is 0 Å². The number of rotatable bonds is 9. The maximum absolute atomic E-state index is 13.0. The van der Waals surface area contributed by atoms with Crippen LogP contribution in [0.5, 0.6) is 11.5 Å². The summed E-state index contributed by atoms with van der Waals surface area (Å²) in [5, 5.41) is 13.4. The molecule has 180 valence electrons. The monoisotopic (exact) mass is 484 g/mol. The van der Waals surface area contributed by atoms with Gasteiger partial charge in [0.25, 0.3) is 5.91 Å². The highest BCUT2D eigenvalue weighted by atomic mass is 19.4. The molecule has 2 aromatic carbocycles. The van der Waals surface area contributed by atoms with Crippen LogP contribution in [0, 0.1) is 10.1 Å². The lowest BCUT2D eigenvalue weighted by Gasteiger charge is -2.16. The largest absolute Gasteiger partial charge is 0.492 e. The molecule has 7 nitrogen and oxygen atoms in total. The number of hydrogen-bond donors (Lipinski definition) is 1. The molecule has 1 amide bonds. The lowest BCUT2D eigenvalue weighted by atomic mass is 10.1. The number of halogens is 7. The number of nitrogens with zero attached hydrogens (tertiary/aromatic N) is 1. The minimum absolute atomic E-state index is 0.0506. The third kappa shape index (κ3) is 6.46. The van der Waals surface area contributed by atoms with Gasteiger partial charge in [-0.15, -0.1) is 0 Å². The van der Waals surface area contributed by atoms with Gasteiger partial charge in [0.2, 0.25) is 0 Å². The Hall–Kier alpha value is -3.58. The van der Waals surface area contributed by atoms with Gasteiger partial charge in [-0.1, -0.05) is 0 Å². The van der Waals surface area contributed by atoms with Crippen molar-refractivity contribution in [1.29, 1.82) is 0 Å². The van der Waals surface area contributed by atoms with Crippen molar-refractivity contribution in [3.8, 4) is 11.5 Å². The van der Waals surface area contributed by atoms with Crippen LogP contribution in [0.4, 0.5) is 42.1 Å². The second kappa shape index (κ2) is 9.92. The number of ether oxygens (including phenoxy) is 2. The minimum atomic E-state index is -4.73. The van der Waals surface area contributed by atoms with Crippen molar-refractivity contribution < 1.29 is 49.9 Å². The SMILES string of the molecule is CCOc1ccc(C(F)(F)F)cc1NC(=O)c1ccc(OCC(F)(F)C(F)F)c([N+](=O)[O-])c1. The van der Waals surface area contributed by atoms with Crippen molar-refractivity contribution in [3.63, 3.8) is 0 Å². The van der Waals surface area contributed by atoms with Gasteiger partial charge in [0.05, 0.1) is 22.8 Å². The van der Waals surface area contributed by atoms with Crippen LogP contribution in [-0.2, 0) is 6.18 Å². The van der Waals surface area contributed by atoms with E-state index in [0.717, 1.165) is 24.3 Å². The summed E-state index contributed by atoms with van der Waals surface area (Å²) in [6.07, 6.45) is -8.81. The van der Waals surface area contributed by atoms with E-state index in [2.05, 4.69) is 10.1 Å². The standard InChI is InChI=1S/C19H15F7N2O5/c1-2-32-14-6-4-11(19(24,25)26)8-12(14)27-16(29)10-3-5-15(13(7-10)28(30)31)33-9-18(22,23)17(20)21/h3-8,17H,2,9H2,1H3,(H,27,29). The zero-order valence-electron chi connectivity index (χ0n) is 16.6. The Kier molecular flexibility index (Phi) is 7.72. The van der Waals surface area contributed by atoms with Gasteiger partial charge in [-0.25, -0.2) is 8.78 Å². The summed E-state index contributed by atoms with van der Waals surface area (Å²) in [6, 6.07) is 4.51. The lowest BCUT2D eigenvalue weighted by Crippen LogP contribution is -2.33. The Bertz CT molecular complexity index is 1030. The second-order valence-electron chi connectivity index (χ2n) is 6.39. The van der Waals surface area contributed by atoms with Gasteiger partial charge in [-0.2, -0.15) is 22.0 Å². The normalized spacial score (nSPS) is 11.9. The van der Waals surface area contributed by atoms with E-state index >= 15 is 0 Å². The summed E-state index contributed by atoms with van der Waals surface area (Å²) in [5.74, 6) is -6.60. The molecular weight excluding hydrogens is 469 g/mol. The molecule has 2 rings (SSSR count). The summed E-state index contributed by atoms with van der Waals surface area (Å²) in [5.41, 5.74) is -2.93. The Labute approximate surface area is 181 Å². The highest BCUT2D eigenvalue weighted by molar-refractivity contribution is 6.05. The van der Waals surface area contributed by atoms with Crippen molar-refractivity contribution in [2.24, 2.45) is 0 Å². The number of carbonyl (C=O) groups excluding carboxylic acids is 1. The first-order valence-corrected chi connectivity index (χ1v) is 8.99. The smallest absolute Gasteiger partial charge is 0.416 e. The van der Waals surface area contributed by atoms with E-state index in [1.54, 1.807) is 6.92 Å². The third-order valence-electron chi connectivity index (χ3n) is 4.01. The first-order chi connectivity index (χ1) is 15.3. The van der Waals surface area contributed by atoms with Gasteiger partial charge in [0.1, 0.15) is 5.75 Å². The molecule has 1 N–H and O–H groups in total. The fourth-order valence-electron chi connectivity index (χ4n) is 2.44. The Morgan fingerprint density at radius 1 is 1.06 bits per heavy atom. The first kappa shape index (κ1) is 25.7. The molecule has 0 fully saturated rings. The zero-order chi connectivity index (χ0) is 25.0. The van der Waals surface area contributed by atoms with Crippen molar-refractivity contribution in [3.05, 3.63) is 57.6 Å². The average Bonchev–Trinajstić information content (AvgIpc) is 2.72. The lowest BCUT2D eigenvalue weighted by molar-refractivity contribution is -0.386. The number of carbonyl (C=O) groups is 1. The highest BCUT2D eigenvalue weighted by Crippen LogP contribution is 2.36. The number of alkyl halides is 7. The van der Waals surface area contributed by atoms with E-state index < -0.39 is 58.5 Å². The zero-order valence-corrected chi connectivity index (χ0v) is 16.6. The van der Waals surface area contributed by atoms with Crippen LogP contribution in [0.2, 0.25) is 0 Å². The first-order valence-electron chi connectivity index (χ1n) is 8.99. The molecule has 0 unspecified atom stereocenters. The molecule has 0 aliphatic heterocycles. The van der Waals surface area contributed by atoms with Gasteiger partial charge < -0.3 is 14.8 Å². The molecule has 33 heavy (non-hydrogen) atoms. The van der Waals surface area contributed by atoms with E-state index in [1.807, 2.05) is 0 Å². The number of nitrogens with one attached hydrogen (secondary N) is 1. The van der Waals surface area contributed by atoms with E-state index in [0.29, 0.717) is 12.1 Å². The van der Waals surface area contributed by atoms with Crippen molar-refractivity contribution in [2.45, 2.75) is 25.4 Å². The van der Waals surface area contributed by atoms with E-state index in [9.17, 15) is 45.6 Å². The number of amides is 1. The second-order valence-corrected chi connectivity index (χ2v) is 6.39. The van der Waals surface area contributed by atoms with Crippen LogP contribution in [-0.4, -0.2) is 36.4 Å². The average molecular weight is 484 g/mol. The number of nitro benzene ring substituents is 1. The number of benzene rings is 2. The molecule has 0 heterocycles. The predicted octanol–water partition coefficient (Wildman–Crippen LogP) is 5.54. The molecule has 0 radical (unpaired) electrons. The van der Waals surface area contributed by atoms with Crippen LogP contribution >= 0.6 is 0 Å². The molecule has 0 aromatic heterocycles. The maximum Gasteiger partial charge on any atom is 0.416 e. The van der Waals surface area contributed by atoms with Gasteiger partial charge in [0.15, 0.2) is 12.4 Å². The van der Waals surface area contributed by atoms with Crippen molar-refractivity contribution in [2.75, 3.05) is 18.5 Å². The molecule has 0 saturated carbocycles. The number of nitro groups is 1.